The smallest absolute Gasteiger partial charge is 0.242 e. The minimum atomic E-state index is -0.885. The number of amides is 1. The van der Waals surface area contributed by atoms with Gasteiger partial charge in [-0.15, -0.1) is 0 Å². The predicted molar refractivity (Wildman–Crippen MR) is 84.8 cm³/mol. The molecule has 3 N–H and O–H groups in total. The summed E-state index contributed by atoms with van der Waals surface area (Å²) in [7, 11) is 0. The third-order valence-electron chi connectivity index (χ3n) is 3.91. The molecule has 0 spiro atoms. The summed E-state index contributed by atoms with van der Waals surface area (Å²) in [5.74, 6) is -0.372. The number of carbonyl (C=O) groups excluding carboxylic acids is 1. The molecule has 1 aliphatic rings. The summed E-state index contributed by atoms with van der Waals surface area (Å²) >= 11 is 9.72. The number of nitrogens with one attached hydrogen (secondary N) is 1. The molecule has 1 unspecified atom stereocenters. The highest BCUT2D eigenvalue weighted by atomic mass is 79.9. The van der Waals surface area contributed by atoms with E-state index in [2.05, 4.69) is 26.1 Å². The van der Waals surface area contributed by atoms with E-state index in [4.69, 9.17) is 17.3 Å². The normalized spacial score (nSPS) is 20.1. The van der Waals surface area contributed by atoms with Crippen molar-refractivity contribution >= 4 is 33.4 Å². The van der Waals surface area contributed by atoms with Gasteiger partial charge in [0.25, 0.3) is 0 Å². The Morgan fingerprint density at radius 1 is 1.45 bits per heavy atom. The zero-order valence-electron chi connectivity index (χ0n) is 11.5. The van der Waals surface area contributed by atoms with Crippen molar-refractivity contribution in [2.75, 3.05) is 26.2 Å². The van der Waals surface area contributed by atoms with Gasteiger partial charge >= 0.3 is 0 Å². The molecule has 110 valence electrons. The molecule has 6 heteroatoms. The molecule has 0 aliphatic carbocycles. The number of nitrogens with zero attached hydrogens (tertiary/aromatic N) is 1. The summed E-state index contributed by atoms with van der Waals surface area (Å²) in [6.45, 7) is 5.25. The zero-order chi connectivity index (χ0) is 14.8. The van der Waals surface area contributed by atoms with Gasteiger partial charge in [0.1, 0.15) is 5.54 Å². The largest absolute Gasteiger partial charge is 0.368 e. The quantitative estimate of drug-likeness (QED) is 0.868. The van der Waals surface area contributed by atoms with Gasteiger partial charge in [-0.25, -0.2) is 0 Å². The second-order valence-electron chi connectivity index (χ2n) is 5.15. The summed E-state index contributed by atoms with van der Waals surface area (Å²) in [6.07, 6.45) is 0.983. The molecule has 20 heavy (non-hydrogen) atoms. The van der Waals surface area contributed by atoms with Gasteiger partial charge in [0, 0.05) is 34.7 Å². The van der Waals surface area contributed by atoms with E-state index in [1.807, 2.05) is 19.1 Å². The van der Waals surface area contributed by atoms with Crippen LogP contribution in [0.5, 0.6) is 0 Å². The lowest BCUT2D eigenvalue weighted by Gasteiger charge is -2.39. The van der Waals surface area contributed by atoms with Crippen LogP contribution in [0.4, 0.5) is 0 Å². The van der Waals surface area contributed by atoms with E-state index in [0.717, 1.165) is 42.6 Å². The van der Waals surface area contributed by atoms with Crippen molar-refractivity contribution in [3.05, 3.63) is 33.3 Å². The second-order valence-corrected chi connectivity index (χ2v) is 6.47. The molecule has 2 rings (SSSR count). The first kappa shape index (κ1) is 15.8. The van der Waals surface area contributed by atoms with Gasteiger partial charge in [-0.1, -0.05) is 33.6 Å². The molecule has 4 nitrogen and oxygen atoms in total. The summed E-state index contributed by atoms with van der Waals surface area (Å²) < 4.78 is 0.885. The fourth-order valence-corrected chi connectivity index (χ4v) is 3.49. The van der Waals surface area contributed by atoms with E-state index in [1.165, 1.54) is 0 Å². The standard InChI is InChI=1S/C14H19BrClN3O/c1-14(13(17)20,19-7-2-5-18-6-8-19)11-4-3-10(15)9-12(11)16/h3-4,9,18H,2,5-8H2,1H3,(H2,17,20). The third-order valence-corrected chi connectivity index (χ3v) is 4.71. The molecule has 1 aliphatic heterocycles. The molecule has 1 aromatic rings. The maximum atomic E-state index is 12.2. The lowest BCUT2D eigenvalue weighted by Crippen LogP contribution is -2.54. The van der Waals surface area contributed by atoms with Gasteiger partial charge < -0.3 is 11.1 Å². The number of halogens is 2. The molecule has 0 bridgehead atoms. The first-order chi connectivity index (χ1) is 9.46. The van der Waals surface area contributed by atoms with E-state index in [1.54, 1.807) is 6.07 Å². The first-order valence-corrected chi connectivity index (χ1v) is 7.84. The van der Waals surface area contributed by atoms with Gasteiger partial charge in [-0.05, 0) is 32.0 Å². The molecule has 1 amide bonds. The minimum Gasteiger partial charge on any atom is -0.368 e. The minimum absolute atomic E-state index is 0.372. The lowest BCUT2D eigenvalue weighted by atomic mass is 9.88. The van der Waals surface area contributed by atoms with Crippen molar-refractivity contribution in [1.29, 1.82) is 0 Å². The van der Waals surface area contributed by atoms with Crippen LogP contribution in [0.2, 0.25) is 5.02 Å². The van der Waals surface area contributed by atoms with Gasteiger partial charge in [0.05, 0.1) is 0 Å². The molecular weight excluding hydrogens is 342 g/mol. The number of hydrogen-bond donors (Lipinski definition) is 2. The van der Waals surface area contributed by atoms with Gasteiger partial charge in [-0.2, -0.15) is 0 Å². The fraction of sp³-hybridized carbons (Fsp3) is 0.500. The summed E-state index contributed by atoms with van der Waals surface area (Å²) in [5.41, 5.74) is 5.60. The van der Waals surface area contributed by atoms with Crippen molar-refractivity contribution in [3.8, 4) is 0 Å². The first-order valence-electron chi connectivity index (χ1n) is 6.67. The average molecular weight is 361 g/mol. The Labute approximate surface area is 132 Å². The van der Waals surface area contributed by atoms with E-state index in [0.29, 0.717) is 5.02 Å². The number of benzene rings is 1. The van der Waals surface area contributed by atoms with Crippen LogP contribution in [0.3, 0.4) is 0 Å². The topological polar surface area (TPSA) is 58.4 Å². The number of primary amides is 1. The zero-order valence-corrected chi connectivity index (χ0v) is 13.8. The number of nitrogens with two attached hydrogens (primary N) is 1. The summed E-state index contributed by atoms with van der Waals surface area (Å²) in [6, 6.07) is 5.56. The van der Waals surface area contributed by atoms with Crippen molar-refractivity contribution in [2.45, 2.75) is 18.9 Å². The van der Waals surface area contributed by atoms with Gasteiger partial charge in [-0.3, -0.25) is 9.69 Å². The highest BCUT2D eigenvalue weighted by molar-refractivity contribution is 9.10. The van der Waals surface area contributed by atoms with E-state index in [-0.39, 0.29) is 5.91 Å². The monoisotopic (exact) mass is 359 g/mol. The van der Waals surface area contributed by atoms with Crippen LogP contribution in [-0.4, -0.2) is 37.0 Å². The Morgan fingerprint density at radius 3 is 2.85 bits per heavy atom. The highest BCUT2D eigenvalue weighted by Gasteiger charge is 2.41. The molecular formula is C14H19BrClN3O. The average Bonchev–Trinajstić information content (AvgIpc) is 2.66. The summed E-state index contributed by atoms with van der Waals surface area (Å²) in [4.78, 5) is 14.3. The number of carbonyl (C=O) groups is 1. The third kappa shape index (κ3) is 3.01. The Kier molecular flexibility index (Phi) is 5.07. The fourth-order valence-electron chi connectivity index (χ4n) is 2.64. The Hall–Kier alpha value is -0.620. The molecule has 0 aromatic heterocycles. The molecule has 1 heterocycles. The lowest BCUT2D eigenvalue weighted by molar-refractivity contribution is -0.129. The van der Waals surface area contributed by atoms with E-state index < -0.39 is 5.54 Å². The van der Waals surface area contributed by atoms with Crippen LogP contribution in [0, 0.1) is 0 Å². The molecule has 1 aromatic carbocycles. The van der Waals surface area contributed by atoms with E-state index >= 15 is 0 Å². The maximum Gasteiger partial charge on any atom is 0.242 e. The number of hydrogen-bond acceptors (Lipinski definition) is 3. The van der Waals surface area contributed by atoms with Crippen LogP contribution in [0.15, 0.2) is 22.7 Å². The maximum absolute atomic E-state index is 12.2. The van der Waals surface area contributed by atoms with Crippen LogP contribution >= 0.6 is 27.5 Å². The van der Waals surface area contributed by atoms with Gasteiger partial charge in [0.2, 0.25) is 5.91 Å². The van der Waals surface area contributed by atoms with Crippen LogP contribution in [-0.2, 0) is 10.3 Å². The molecule has 0 radical (unpaired) electrons. The van der Waals surface area contributed by atoms with Crippen LogP contribution in [0.25, 0.3) is 0 Å². The van der Waals surface area contributed by atoms with Crippen molar-refractivity contribution < 1.29 is 4.79 Å². The Balaban J connectivity index is 2.44. The van der Waals surface area contributed by atoms with E-state index in [9.17, 15) is 4.79 Å². The van der Waals surface area contributed by atoms with Crippen molar-refractivity contribution in [2.24, 2.45) is 5.73 Å². The molecule has 1 fully saturated rings. The Morgan fingerprint density at radius 2 is 2.20 bits per heavy atom. The highest BCUT2D eigenvalue weighted by Crippen LogP contribution is 2.35. The second kappa shape index (κ2) is 6.43. The van der Waals surface area contributed by atoms with Crippen molar-refractivity contribution in [1.82, 2.24) is 10.2 Å². The predicted octanol–water partition coefficient (Wildman–Crippen LogP) is 2.10. The van der Waals surface area contributed by atoms with Crippen LogP contribution < -0.4 is 11.1 Å². The SMILES string of the molecule is CC(C(N)=O)(c1ccc(Br)cc1Cl)N1CCCNCC1. The molecule has 1 atom stereocenters. The van der Waals surface area contributed by atoms with Crippen LogP contribution in [0.1, 0.15) is 18.9 Å². The van der Waals surface area contributed by atoms with Crippen molar-refractivity contribution in [3.63, 3.8) is 0 Å². The molecule has 1 saturated heterocycles. The Bertz CT molecular complexity index is 503. The summed E-state index contributed by atoms with van der Waals surface area (Å²) in [5, 5.41) is 3.88. The molecule has 0 saturated carbocycles. The van der Waals surface area contributed by atoms with Gasteiger partial charge in [0.15, 0.2) is 0 Å². The number of rotatable bonds is 3.